The predicted octanol–water partition coefficient (Wildman–Crippen LogP) is 2.59. The Morgan fingerprint density at radius 1 is 1.22 bits per heavy atom. The Bertz CT molecular complexity index is 892. The maximum Gasteiger partial charge on any atom is 0.261 e. The number of nitrogens with zero attached hydrogens (tertiary/aromatic N) is 2. The fourth-order valence-electron chi connectivity index (χ4n) is 2.31. The Balaban J connectivity index is 1.67. The van der Waals surface area contributed by atoms with Crippen LogP contribution >= 0.6 is 0 Å². The monoisotopic (exact) mass is 313 g/mol. The molecule has 1 aromatic heterocycles. The first-order valence-electron chi connectivity index (χ1n) is 7.27. The van der Waals surface area contributed by atoms with Crippen molar-refractivity contribution in [2.75, 3.05) is 12.3 Å². The molecule has 2 N–H and O–H groups in total. The molecule has 0 aliphatic carbocycles. The van der Waals surface area contributed by atoms with E-state index in [4.69, 9.17) is 10.5 Å². The van der Waals surface area contributed by atoms with Crippen LogP contribution in [0.1, 0.15) is 6.42 Å². The molecule has 5 nitrogen and oxygen atoms in total. The van der Waals surface area contributed by atoms with Crippen LogP contribution in [0.2, 0.25) is 0 Å². The maximum absolute atomic E-state index is 13.4. The van der Waals surface area contributed by atoms with Crippen LogP contribution in [0.4, 0.5) is 10.1 Å². The van der Waals surface area contributed by atoms with E-state index in [0.29, 0.717) is 36.2 Å². The summed E-state index contributed by atoms with van der Waals surface area (Å²) in [5.41, 5.74) is 6.71. The Morgan fingerprint density at radius 3 is 2.87 bits per heavy atom. The van der Waals surface area contributed by atoms with Gasteiger partial charge in [-0.05, 0) is 36.8 Å². The minimum atomic E-state index is -0.396. The van der Waals surface area contributed by atoms with Gasteiger partial charge in [0.1, 0.15) is 0 Å². The number of aryl methyl sites for hydroxylation is 1. The minimum absolute atomic E-state index is 0.145. The molecule has 3 aromatic rings. The van der Waals surface area contributed by atoms with Crippen molar-refractivity contribution in [3.8, 4) is 5.75 Å². The number of nitrogens with two attached hydrogens (primary N) is 1. The fourth-order valence-corrected chi connectivity index (χ4v) is 2.31. The number of aromatic nitrogens is 2. The molecule has 0 aliphatic heterocycles. The van der Waals surface area contributed by atoms with Gasteiger partial charge in [0, 0.05) is 12.2 Å². The van der Waals surface area contributed by atoms with Gasteiger partial charge < -0.3 is 10.5 Å². The minimum Gasteiger partial charge on any atom is -0.490 e. The van der Waals surface area contributed by atoms with Gasteiger partial charge in [0.05, 0.1) is 23.8 Å². The lowest BCUT2D eigenvalue weighted by Crippen LogP contribution is -2.21. The Labute approximate surface area is 132 Å². The Morgan fingerprint density at radius 2 is 2.04 bits per heavy atom. The van der Waals surface area contributed by atoms with Crippen molar-refractivity contribution < 1.29 is 9.13 Å². The third kappa shape index (κ3) is 3.31. The zero-order valence-corrected chi connectivity index (χ0v) is 12.4. The highest BCUT2D eigenvalue weighted by Crippen LogP contribution is 2.15. The van der Waals surface area contributed by atoms with Gasteiger partial charge in [0.25, 0.3) is 5.56 Å². The number of nitrogen functional groups attached to an aromatic ring is 1. The van der Waals surface area contributed by atoms with Crippen LogP contribution in [-0.4, -0.2) is 16.2 Å². The highest BCUT2D eigenvalue weighted by atomic mass is 19.1. The SMILES string of the molecule is Nc1ccc2ncn(CCCOc3ccccc3F)c(=O)c2c1. The number of rotatable bonds is 5. The lowest BCUT2D eigenvalue weighted by Gasteiger charge is -2.09. The van der Waals surface area contributed by atoms with Crippen LogP contribution in [0.25, 0.3) is 10.9 Å². The van der Waals surface area contributed by atoms with Crippen molar-refractivity contribution in [2.45, 2.75) is 13.0 Å². The summed E-state index contributed by atoms with van der Waals surface area (Å²) in [6.45, 7) is 0.743. The molecule has 2 aromatic carbocycles. The van der Waals surface area contributed by atoms with Crippen molar-refractivity contribution in [3.63, 3.8) is 0 Å². The average Bonchev–Trinajstić information content (AvgIpc) is 2.55. The molecule has 118 valence electrons. The second-order valence-electron chi connectivity index (χ2n) is 5.15. The van der Waals surface area contributed by atoms with Crippen molar-refractivity contribution >= 4 is 16.6 Å². The van der Waals surface area contributed by atoms with Crippen LogP contribution in [0.3, 0.4) is 0 Å². The molecule has 0 radical (unpaired) electrons. The quantitative estimate of drug-likeness (QED) is 0.580. The van der Waals surface area contributed by atoms with Crippen molar-refractivity contribution in [1.29, 1.82) is 0 Å². The van der Waals surface area contributed by atoms with Gasteiger partial charge in [0.2, 0.25) is 0 Å². The normalized spacial score (nSPS) is 10.8. The summed E-state index contributed by atoms with van der Waals surface area (Å²) in [5.74, 6) is -0.184. The molecule has 0 bridgehead atoms. The van der Waals surface area contributed by atoms with E-state index in [1.807, 2.05) is 0 Å². The molecule has 0 unspecified atom stereocenters. The first kappa shape index (κ1) is 15.0. The molecule has 0 saturated carbocycles. The third-order valence-corrected chi connectivity index (χ3v) is 3.49. The van der Waals surface area contributed by atoms with Gasteiger partial charge in [-0.25, -0.2) is 9.37 Å². The number of para-hydroxylation sites is 1. The fraction of sp³-hybridized carbons (Fsp3) is 0.176. The van der Waals surface area contributed by atoms with E-state index in [9.17, 15) is 9.18 Å². The first-order chi connectivity index (χ1) is 11.1. The number of fused-ring (bicyclic) bond motifs is 1. The Kier molecular flexibility index (Phi) is 4.23. The highest BCUT2D eigenvalue weighted by Gasteiger charge is 2.05. The molecule has 0 fully saturated rings. The number of anilines is 1. The zero-order valence-electron chi connectivity index (χ0n) is 12.4. The van der Waals surface area contributed by atoms with Crippen molar-refractivity contribution in [3.05, 3.63) is 65.0 Å². The summed E-state index contributed by atoms with van der Waals surface area (Å²) in [6.07, 6.45) is 2.06. The van der Waals surface area contributed by atoms with Gasteiger partial charge in [-0.3, -0.25) is 9.36 Å². The average molecular weight is 313 g/mol. The number of halogens is 1. The molecular formula is C17H16FN3O2. The van der Waals surface area contributed by atoms with E-state index in [2.05, 4.69) is 4.98 Å². The van der Waals surface area contributed by atoms with E-state index in [1.54, 1.807) is 36.4 Å². The smallest absolute Gasteiger partial charge is 0.261 e. The van der Waals surface area contributed by atoms with E-state index < -0.39 is 5.82 Å². The molecule has 0 aliphatic rings. The van der Waals surface area contributed by atoms with Gasteiger partial charge in [-0.15, -0.1) is 0 Å². The lowest BCUT2D eigenvalue weighted by atomic mass is 10.2. The Hall–Kier alpha value is -2.89. The van der Waals surface area contributed by atoms with E-state index in [0.717, 1.165) is 0 Å². The van der Waals surface area contributed by atoms with Crippen LogP contribution in [-0.2, 0) is 6.54 Å². The molecule has 0 saturated heterocycles. The molecular weight excluding hydrogens is 297 g/mol. The standard InChI is InChI=1S/C17H16FN3O2/c18-14-4-1-2-5-16(14)23-9-3-8-21-11-20-15-7-6-12(19)10-13(15)17(21)22/h1-2,4-7,10-11H,3,8-9,19H2. The van der Waals surface area contributed by atoms with Crippen LogP contribution in [0.5, 0.6) is 5.75 Å². The summed E-state index contributed by atoms with van der Waals surface area (Å²) in [4.78, 5) is 16.6. The number of hydrogen-bond acceptors (Lipinski definition) is 4. The van der Waals surface area contributed by atoms with Gasteiger partial charge in [-0.2, -0.15) is 0 Å². The van der Waals surface area contributed by atoms with E-state index >= 15 is 0 Å². The lowest BCUT2D eigenvalue weighted by molar-refractivity contribution is 0.287. The van der Waals surface area contributed by atoms with Crippen molar-refractivity contribution in [1.82, 2.24) is 9.55 Å². The highest BCUT2D eigenvalue weighted by molar-refractivity contribution is 5.80. The van der Waals surface area contributed by atoms with Crippen LogP contribution in [0, 0.1) is 5.82 Å². The van der Waals surface area contributed by atoms with Gasteiger partial charge >= 0.3 is 0 Å². The van der Waals surface area contributed by atoms with Crippen LogP contribution in [0.15, 0.2) is 53.6 Å². The van der Waals surface area contributed by atoms with Gasteiger partial charge in [0.15, 0.2) is 11.6 Å². The van der Waals surface area contributed by atoms with E-state index in [1.165, 1.54) is 17.0 Å². The second kappa shape index (κ2) is 6.48. The summed E-state index contributed by atoms with van der Waals surface area (Å²) in [5, 5.41) is 0.488. The topological polar surface area (TPSA) is 70.1 Å². The molecule has 0 spiro atoms. The molecule has 0 amide bonds. The van der Waals surface area contributed by atoms with E-state index in [-0.39, 0.29) is 11.3 Å². The number of benzene rings is 2. The van der Waals surface area contributed by atoms with Crippen LogP contribution < -0.4 is 16.0 Å². The molecule has 0 atom stereocenters. The largest absolute Gasteiger partial charge is 0.490 e. The number of ether oxygens (including phenoxy) is 1. The summed E-state index contributed by atoms with van der Waals surface area (Å²) >= 11 is 0. The summed E-state index contributed by atoms with van der Waals surface area (Å²) in [6, 6.07) is 11.3. The summed E-state index contributed by atoms with van der Waals surface area (Å²) in [7, 11) is 0. The van der Waals surface area contributed by atoms with Gasteiger partial charge in [-0.1, -0.05) is 12.1 Å². The second-order valence-corrected chi connectivity index (χ2v) is 5.15. The molecule has 6 heteroatoms. The predicted molar refractivity (Wildman–Crippen MR) is 86.9 cm³/mol. The molecule has 23 heavy (non-hydrogen) atoms. The molecule has 1 heterocycles. The first-order valence-corrected chi connectivity index (χ1v) is 7.27. The van der Waals surface area contributed by atoms with Crippen molar-refractivity contribution in [2.24, 2.45) is 0 Å². The summed E-state index contributed by atoms with van der Waals surface area (Å²) < 4.78 is 20.3. The third-order valence-electron chi connectivity index (χ3n) is 3.49. The molecule has 3 rings (SSSR count). The zero-order chi connectivity index (χ0) is 16.2. The maximum atomic E-state index is 13.4. The number of hydrogen-bond donors (Lipinski definition) is 1.